The summed E-state index contributed by atoms with van der Waals surface area (Å²) >= 11 is 0. The predicted octanol–water partition coefficient (Wildman–Crippen LogP) is 2.66. The van der Waals surface area contributed by atoms with E-state index in [1.54, 1.807) is 31.1 Å². The molecule has 0 aliphatic carbocycles. The van der Waals surface area contributed by atoms with E-state index in [1.807, 2.05) is 6.07 Å². The molecule has 5 nitrogen and oxygen atoms in total. The number of halogens is 2. The van der Waals surface area contributed by atoms with Gasteiger partial charge in [-0.3, -0.25) is 0 Å². The number of nitrogens with one attached hydrogen (secondary N) is 1. The van der Waals surface area contributed by atoms with Crippen molar-refractivity contribution < 1.29 is 17.2 Å². The van der Waals surface area contributed by atoms with Gasteiger partial charge in [-0.2, -0.15) is 0 Å². The number of rotatable bonds is 4. The molecule has 146 valence electrons. The van der Waals surface area contributed by atoms with Crippen LogP contribution < -0.4 is 15.1 Å². The standard InChI is InChI=1S/C19H23F2N3O2S/c1-23(2)18-12-14(24-10-3-8-22-9-11-24)4-7-19(18)27(25,26)15-5-6-16(20)17(21)13-15/h4-7,12-13,22H,3,8-11H2,1-2H3. The number of hydrogen-bond donors (Lipinski definition) is 1. The molecule has 2 aromatic rings. The zero-order valence-corrected chi connectivity index (χ0v) is 16.2. The minimum atomic E-state index is -3.99. The third-order valence-corrected chi connectivity index (χ3v) is 6.42. The number of benzene rings is 2. The molecule has 1 fully saturated rings. The lowest BCUT2D eigenvalue weighted by molar-refractivity contribution is 0.504. The van der Waals surface area contributed by atoms with Crippen LogP contribution in [0.1, 0.15) is 6.42 Å². The summed E-state index contributed by atoms with van der Waals surface area (Å²) in [6, 6.07) is 7.78. The van der Waals surface area contributed by atoms with Gasteiger partial charge in [0.15, 0.2) is 11.6 Å². The van der Waals surface area contributed by atoms with E-state index in [4.69, 9.17) is 0 Å². The number of anilines is 2. The monoisotopic (exact) mass is 395 g/mol. The van der Waals surface area contributed by atoms with Gasteiger partial charge in [0.1, 0.15) is 0 Å². The lowest BCUT2D eigenvalue weighted by Crippen LogP contribution is -2.28. The van der Waals surface area contributed by atoms with Crippen molar-refractivity contribution in [3.8, 4) is 0 Å². The van der Waals surface area contributed by atoms with Gasteiger partial charge in [-0.05, 0) is 49.4 Å². The molecule has 1 saturated heterocycles. The Balaban J connectivity index is 2.05. The lowest BCUT2D eigenvalue weighted by atomic mass is 10.2. The van der Waals surface area contributed by atoms with Gasteiger partial charge in [0.05, 0.1) is 15.5 Å². The maximum atomic E-state index is 13.6. The Kier molecular flexibility index (Phi) is 5.67. The van der Waals surface area contributed by atoms with Gasteiger partial charge in [0.2, 0.25) is 9.84 Å². The van der Waals surface area contributed by atoms with Crippen LogP contribution in [0.2, 0.25) is 0 Å². The first-order valence-corrected chi connectivity index (χ1v) is 10.3. The highest BCUT2D eigenvalue weighted by molar-refractivity contribution is 7.91. The highest BCUT2D eigenvalue weighted by atomic mass is 32.2. The third-order valence-electron chi connectivity index (χ3n) is 4.62. The minimum Gasteiger partial charge on any atom is -0.377 e. The molecule has 0 atom stereocenters. The van der Waals surface area contributed by atoms with Crippen LogP contribution in [-0.2, 0) is 9.84 Å². The van der Waals surface area contributed by atoms with Crippen LogP contribution in [0.25, 0.3) is 0 Å². The molecular weight excluding hydrogens is 372 g/mol. The van der Waals surface area contributed by atoms with Crippen molar-refractivity contribution in [3.63, 3.8) is 0 Å². The highest BCUT2D eigenvalue weighted by Gasteiger charge is 2.25. The van der Waals surface area contributed by atoms with Crippen LogP contribution in [-0.4, -0.2) is 48.7 Å². The first-order valence-electron chi connectivity index (χ1n) is 8.78. The van der Waals surface area contributed by atoms with Crippen molar-refractivity contribution in [3.05, 3.63) is 48.0 Å². The van der Waals surface area contributed by atoms with E-state index < -0.39 is 21.5 Å². The van der Waals surface area contributed by atoms with Gasteiger partial charge in [0.25, 0.3) is 0 Å². The SMILES string of the molecule is CN(C)c1cc(N2CCCNCC2)ccc1S(=O)(=O)c1ccc(F)c(F)c1. The predicted molar refractivity (Wildman–Crippen MR) is 102 cm³/mol. The fraction of sp³-hybridized carbons (Fsp3) is 0.368. The molecule has 0 spiro atoms. The van der Waals surface area contributed by atoms with Crippen LogP contribution in [0.5, 0.6) is 0 Å². The van der Waals surface area contributed by atoms with Gasteiger partial charge >= 0.3 is 0 Å². The highest BCUT2D eigenvalue weighted by Crippen LogP contribution is 2.33. The van der Waals surface area contributed by atoms with Crippen LogP contribution >= 0.6 is 0 Å². The molecular formula is C19H23F2N3O2S. The largest absolute Gasteiger partial charge is 0.377 e. The first kappa shape index (κ1) is 19.6. The molecule has 0 aromatic heterocycles. The Hall–Kier alpha value is -2.19. The Labute approximate surface area is 158 Å². The maximum Gasteiger partial charge on any atom is 0.208 e. The molecule has 3 rings (SSSR count). The van der Waals surface area contributed by atoms with E-state index >= 15 is 0 Å². The van der Waals surface area contributed by atoms with Crippen molar-refractivity contribution in [1.29, 1.82) is 0 Å². The molecule has 1 aliphatic heterocycles. The summed E-state index contributed by atoms with van der Waals surface area (Å²) < 4.78 is 52.8. The molecule has 1 aliphatic rings. The lowest BCUT2D eigenvalue weighted by Gasteiger charge is -2.25. The Morgan fingerprint density at radius 2 is 1.78 bits per heavy atom. The molecule has 0 unspecified atom stereocenters. The number of nitrogens with zero attached hydrogens (tertiary/aromatic N) is 2. The average molecular weight is 395 g/mol. The molecule has 27 heavy (non-hydrogen) atoms. The molecule has 2 aromatic carbocycles. The van der Waals surface area contributed by atoms with E-state index in [1.165, 1.54) is 0 Å². The van der Waals surface area contributed by atoms with E-state index in [0.717, 1.165) is 56.5 Å². The molecule has 0 radical (unpaired) electrons. The zero-order chi connectivity index (χ0) is 19.6. The molecule has 0 bridgehead atoms. The van der Waals surface area contributed by atoms with E-state index in [9.17, 15) is 17.2 Å². The second-order valence-corrected chi connectivity index (χ2v) is 8.63. The van der Waals surface area contributed by atoms with Gasteiger partial charge in [-0.1, -0.05) is 0 Å². The van der Waals surface area contributed by atoms with Crippen molar-refractivity contribution in [2.24, 2.45) is 0 Å². The first-order chi connectivity index (χ1) is 12.8. The molecule has 8 heteroatoms. The summed E-state index contributed by atoms with van der Waals surface area (Å²) in [7, 11) is -0.473. The number of sulfone groups is 1. The summed E-state index contributed by atoms with van der Waals surface area (Å²) in [5.41, 5.74) is 1.45. The molecule has 1 N–H and O–H groups in total. The smallest absolute Gasteiger partial charge is 0.208 e. The quantitative estimate of drug-likeness (QED) is 0.807. The fourth-order valence-corrected chi connectivity index (χ4v) is 4.68. The second-order valence-electron chi connectivity index (χ2n) is 6.72. The van der Waals surface area contributed by atoms with Crippen LogP contribution in [0, 0.1) is 11.6 Å². The molecule has 1 heterocycles. The Morgan fingerprint density at radius 1 is 1.00 bits per heavy atom. The van der Waals surface area contributed by atoms with Crippen LogP contribution in [0.3, 0.4) is 0 Å². The minimum absolute atomic E-state index is 0.0650. The summed E-state index contributed by atoms with van der Waals surface area (Å²) in [6.45, 7) is 3.54. The van der Waals surface area contributed by atoms with Crippen LogP contribution in [0.15, 0.2) is 46.2 Å². The van der Waals surface area contributed by atoms with E-state index in [-0.39, 0.29) is 9.79 Å². The summed E-state index contributed by atoms with van der Waals surface area (Å²) in [4.78, 5) is 3.72. The van der Waals surface area contributed by atoms with Gasteiger partial charge in [-0.25, -0.2) is 17.2 Å². The van der Waals surface area contributed by atoms with Crippen molar-refractivity contribution in [1.82, 2.24) is 5.32 Å². The van der Waals surface area contributed by atoms with E-state index in [0.29, 0.717) is 5.69 Å². The average Bonchev–Trinajstić information content (AvgIpc) is 2.92. The van der Waals surface area contributed by atoms with Crippen LogP contribution in [0.4, 0.5) is 20.2 Å². The van der Waals surface area contributed by atoms with Gasteiger partial charge in [0, 0.05) is 39.4 Å². The maximum absolute atomic E-state index is 13.6. The molecule has 0 amide bonds. The Morgan fingerprint density at radius 3 is 2.48 bits per heavy atom. The summed E-state index contributed by atoms with van der Waals surface area (Å²) in [5.74, 6) is -2.26. The van der Waals surface area contributed by atoms with E-state index in [2.05, 4.69) is 10.2 Å². The van der Waals surface area contributed by atoms with Crippen molar-refractivity contribution in [2.45, 2.75) is 16.2 Å². The third kappa shape index (κ3) is 4.06. The fourth-order valence-electron chi connectivity index (χ4n) is 3.15. The normalized spacial score (nSPS) is 15.5. The topological polar surface area (TPSA) is 52.6 Å². The Bertz CT molecular complexity index is 925. The van der Waals surface area contributed by atoms with Crippen molar-refractivity contribution in [2.75, 3.05) is 50.1 Å². The van der Waals surface area contributed by atoms with Gasteiger partial charge in [-0.15, -0.1) is 0 Å². The number of hydrogen-bond acceptors (Lipinski definition) is 5. The van der Waals surface area contributed by atoms with Crippen molar-refractivity contribution >= 4 is 21.2 Å². The zero-order valence-electron chi connectivity index (χ0n) is 15.4. The summed E-state index contributed by atoms with van der Waals surface area (Å²) in [5, 5.41) is 3.34. The van der Waals surface area contributed by atoms with Gasteiger partial charge < -0.3 is 15.1 Å². The molecule has 0 saturated carbocycles. The summed E-state index contributed by atoms with van der Waals surface area (Å²) in [6.07, 6.45) is 1.01. The second kappa shape index (κ2) is 7.82.